The third kappa shape index (κ3) is 3.73. The summed E-state index contributed by atoms with van der Waals surface area (Å²) in [6.07, 6.45) is 1.87. The summed E-state index contributed by atoms with van der Waals surface area (Å²) >= 11 is 1.45. The van der Waals surface area contributed by atoms with E-state index in [1.807, 2.05) is 10.3 Å². The molecule has 140 valence electrons. The standard InChI is InChI=1S/C20H22N4O2S/c1-15-3-2-4-16(13-15)22-8-10-23(11-9-22)18(25)5-7-24-14-21-19-17(20(24)26)6-12-27-19/h2-4,6,12-14H,5,7-11H2,1H3. The summed E-state index contributed by atoms with van der Waals surface area (Å²) in [4.78, 5) is 34.2. The van der Waals surface area contributed by atoms with Crippen molar-refractivity contribution < 1.29 is 4.79 Å². The molecule has 7 heteroatoms. The summed E-state index contributed by atoms with van der Waals surface area (Å²) in [5.41, 5.74) is 2.38. The van der Waals surface area contributed by atoms with Crippen molar-refractivity contribution in [1.29, 1.82) is 0 Å². The first-order chi connectivity index (χ1) is 13.1. The van der Waals surface area contributed by atoms with Crippen molar-refractivity contribution in [3.63, 3.8) is 0 Å². The van der Waals surface area contributed by atoms with E-state index in [1.54, 1.807) is 12.4 Å². The molecular formula is C20H22N4O2S. The molecule has 1 fully saturated rings. The Morgan fingerprint density at radius 3 is 2.78 bits per heavy atom. The van der Waals surface area contributed by atoms with E-state index in [4.69, 9.17) is 0 Å². The number of nitrogens with zero attached hydrogens (tertiary/aromatic N) is 4. The number of benzene rings is 1. The van der Waals surface area contributed by atoms with Crippen LogP contribution in [0.5, 0.6) is 0 Å². The van der Waals surface area contributed by atoms with Crippen LogP contribution in [0.3, 0.4) is 0 Å². The second kappa shape index (κ2) is 7.52. The Kier molecular flexibility index (Phi) is 4.94. The van der Waals surface area contributed by atoms with E-state index < -0.39 is 0 Å². The van der Waals surface area contributed by atoms with Gasteiger partial charge >= 0.3 is 0 Å². The molecule has 0 unspecified atom stereocenters. The Bertz CT molecular complexity index is 1020. The lowest BCUT2D eigenvalue weighted by Crippen LogP contribution is -2.49. The summed E-state index contributed by atoms with van der Waals surface area (Å²) in [6.45, 7) is 5.55. The summed E-state index contributed by atoms with van der Waals surface area (Å²) in [6, 6.07) is 10.2. The Hall–Kier alpha value is -2.67. The Labute approximate surface area is 161 Å². The SMILES string of the molecule is Cc1cccc(N2CCN(C(=O)CCn3cnc4sccc4c3=O)CC2)c1. The van der Waals surface area contributed by atoms with Gasteiger partial charge in [0.1, 0.15) is 4.83 Å². The minimum Gasteiger partial charge on any atom is -0.368 e. The molecule has 0 spiro atoms. The number of carbonyl (C=O) groups is 1. The van der Waals surface area contributed by atoms with E-state index in [1.165, 1.54) is 27.2 Å². The first kappa shape index (κ1) is 17.7. The van der Waals surface area contributed by atoms with E-state index >= 15 is 0 Å². The summed E-state index contributed by atoms with van der Waals surface area (Å²) in [5, 5.41) is 2.49. The van der Waals surface area contributed by atoms with Gasteiger partial charge in [0, 0.05) is 44.8 Å². The topological polar surface area (TPSA) is 58.4 Å². The molecule has 4 rings (SSSR count). The molecule has 0 bridgehead atoms. The smallest absolute Gasteiger partial charge is 0.262 e. The monoisotopic (exact) mass is 382 g/mol. The zero-order valence-electron chi connectivity index (χ0n) is 15.3. The molecular weight excluding hydrogens is 360 g/mol. The minimum atomic E-state index is -0.0710. The van der Waals surface area contributed by atoms with Crippen LogP contribution in [-0.4, -0.2) is 46.5 Å². The number of aromatic nitrogens is 2. The van der Waals surface area contributed by atoms with Crippen molar-refractivity contribution in [2.24, 2.45) is 0 Å². The molecule has 6 nitrogen and oxygen atoms in total. The van der Waals surface area contributed by atoms with E-state index in [0.29, 0.717) is 31.4 Å². The molecule has 0 aliphatic carbocycles. The highest BCUT2D eigenvalue weighted by molar-refractivity contribution is 7.16. The lowest BCUT2D eigenvalue weighted by atomic mass is 10.2. The van der Waals surface area contributed by atoms with Gasteiger partial charge in [-0.1, -0.05) is 12.1 Å². The van der Waals surface area contributed by atoms with Gasteiger partial charge in [-0.2, -0.15) is 0 Å². The van der Waals surface area contributed by atoms with E-state index in [0.717, 1.165) is 17.9 Å². The second-order valence-electron chi connectivity index (χ2n) is 6.84. The maximum absolute atomic E-state index is 12.6. The fourth-order valence-electron chi connectivity index (χ4n) is 3.47. The molecule has 1 aromatic carbocycles. The molecule has 1 saturated heterocycles. The van der Waals surface area contributed by atoms with Gasteiger partial charge in [0.2, 0.25) is 5.91 Å². The van der Waals surface area contributed by atoms with Crippen LogP contribution >= 0.6 is 11.3 Å². The Balaban J connectivity index is 1.34. The van der Waals surface area contributed by atoms with Crippen molar-refractivity contribution in [3.8, 4) is 0 Å². The highest BCUT2D eigenvalue weighted by Crippen LogP contribution is 2.18. The zero-order chi connectivity index (χ0) is 18.8. The van der Waals surface area contributed by atoms with Crippen LogP contribution < -0.4 is 10.5 Å². The number of aryl methyl sites for hydroxylation is 2. The van der Waals surface area contributed by atoms with Gasteiger partial charge in [-0.3, -0.25) is 14.2 Å². The van der Waals surface area contributed by atoms with Gasteiger partial charge in [0.15, 0.2) is 0 Å². The summed E-state index contributed by atoms with van der Waals surface area (Å²) in [7, 11) is 0. The maximum Gasteiger partial charge on any atom is 0.262 e. The highest BCUT2D eigenvalue weighted by Gasteiger charge is 2.21. The van der Waals surface area contributed by atoms with Crippen molar-refractivity contribution in [2.45, 2.75) is 19.9 Å². The molecule has 27 heavy (non-hydrogen) atoms. The number of fused-ring (bicyclic) bond motifs is 1. The van der Waals surface area contributed by atoms with Crippen LogP contribution in [0.15, 0.2) is 46.8 Å². The summed E-state index contributed by atoms with van der Waals surface area (Å²) < 4.78 is 1.54. The molecule has 3 heterocycles. The number of amides is 1. The van der Waals surface area contributed by atoms with E-state index in [-0.39, 0.29) is 11.5 Å². The van der Waals surface area contributed by atoms with Gasteiger partial charge in [-0.15, -0.1) is 11.3 Å². The molecule has 2 aromatic heterocycles. The number of hydrogen-bond acceptors (Lipinski definition) is 5. The minimum absolute atomic E-state index is 0.0710. The number of hydrogen-bond donors (Lipinski definition) is 0. The fourth-order valence-corrected chi connectivity index (χ4v) is 4.19. The van der Waals surface area contributed by atoms with Gasteiger partial charge in [0.05, 0.1) is 11.7 Å². The lowest BCUT2D eigenvalue weighted by molar-refractivity contribution is -0.131. The fraction of sp³-hybridized carbons (Fsp3) is 0.350. The first-order valence-corrected chi connectivity index (χ1v) is 10.0. The lowest BCUT2D eigenvalue weighted by Gasteiger charge is -2.36. The average Bonchev–Trinajstić information content (AvgIpc) is 3.17. The molecule has 3 aromatic rings. The quantitative estimate of drug-likeness (QED) is 0.696. The predicted octanol–water partition coefficient (Wildman–Crippen LogP) is 2.51. The predicted molar refractivity (Wildman–Crippen MR) is 108 cm³/mol. The van der Waals surface area contributed by atoms with Crippen LogP contribution in [0, 0.1) is 6.92 Å². The number of thiophene rings is 1. The second-order valence-corrected chi connectivity index (χ2v) is 7.73. The van der Waals surface area contributed by atoms with Gasteiger partial charge < -0.3 is 9.80 Å². The van der Waals surface area contributed by atoms with Crippen LogP contribution in [0.25, 0.3) is 10.2 Å². The third-order valence-electron chi connectivity index (χ3n) is 5.02. The first-order valence-electron chi connectivity index (χ1n) is 9.14. The highest BCUT2D eigenvalue weighted by atomic mass is 32.1. The average molecular weight is 382 g/mol. The van der Waals surface area contributed by atoms with Crippen LogP contribution in [0.2, 0.25) is 0 Å². The van der Waals surface area contributed by atoms with Crippen LogP contribution in [0.4, 0.5) is 5.69 Å². The van der Waals surface area contributed by atoms with E-state index in [2.05, 4.69) is 41.1 Å². The van der Waals surface area contributed by atoms with Crippen molar-refractivity contribution >= 4 is 33.1 Å². The summed E-state index contributed by atoms with van der Waals surface area (Å²) in [5.74, 6) is 0.0937. The number of rotatable bonds is 4. The van der Waals surface area contributed by atoms with Crippen LogP contribution in [0.1, 0.15) is 12.0 Å². The number of anilines is 1. The van der Waals surface area contributed by atoms with Gasteiger partial charge in [0.25, 0.3) is 5.56 Å². The van der Waals surface area contributed by atoms with Crippen molar-refractivity contribution in [3.05, 3.63) is 58.0 Å². The normalized spacial score (nSPS) is 14.7. The van der Waals surface area contributed by atoms with Gasteiger partial charge in [-0.05, 0) is 36.1 Å². The van der Waals surface area contributed by atoms with Crippen molar-refractivity contribution in [2.75, 3.05) is 31.1 Å². The number of piperazine rings is 1. The van der Waals surface area contributed by atoms with Crippen LogP contribution in [-0.2, 0) is 11.3 Å². The Morgan fingerprint density at radius 1 is 1.19 bits per heavy atom. The number of carbonyl (C=O) groups excluding carboxylic acids is 1. The molecule has 0 saturated carbocycles. The molecule has 0 radical (unpaired) electrons. The molecule has 1 aliphatic heterocycles. The molecule has 1 amide bonds. The third-order valence-corrected chi connectivity index (χ3v) is 5.84. The molecule has 0 atom stereocenters. The van der Waals surface area contributed by atoms with Crippen molar-refractivity contribution in [1.82, 2.24) is 14.5 Å². The largest absolute Gasteiger partial charge is 0.368 e. The Morgan fingerprint density at radius 2 is 2.00 bits per heavy atom. The van der Waals surface area contributed by atoms with Gasteiger partial charge in [-0.25, -0.2) is 4.98 Å². The van der Waals surface area contributed by atoms with E-state index in [9.17, 15) is 9.59 Å². The zero-order valence-corrected chi connectivity index (χ0v) is 16.1. The molecule has 0 N–H and O–H groups in total. The maximum atomic E-state index is 12.6. The molecule has 1 aliphatic rings.